The number of nitrogens with one attached hydrogen (secondary N) is 1. The molecular formula is C18H24N4O2. The highest BCUT2D eigenvalue weighted by Crippen LogP contribution is 2.12. The molecule has 1 amide bonds. The van der Waals surface area contributed by atoms with E-state index in [1.807, 2.05) is 18.2 Å². The lowest BCUT2D eigenvalue weighted by Gasteiger charge is -2.20. The summed E-state index contributed by atoms with van der Waals surface area (Å²) in [7, 11) is 1.53. The molecule has 0 aliphatic rings. The lowest BCUT2D eigenvalue weighted by atomic mass is 10.1. The Balaban J connectivity index is 2.07. The minimum atomic E-state index is -0.289. The minimum Gasteiger partial charge on any atom is -0.347 e. The summed E-state index contributed by atoms with van der Waals surface area (Å²) in [6.45, 7) is 7.54. The number of aromatic nitrogens is 2. The summed E-state index contributed by atoms with van der Waals surface area (Å²) in [6.07, 6.45) is 0. The topological polar surface area (TPSA) is 67.2 Å². The lowest BCUT2D eigenvalue weighted by Crippen LogP contribution is -2.29. The van der Waals surface area contributed by atoms with Crippen LogP contribution in [0, 0.1) is 0 Å². The van der Waals surface area contributed by atoms with E-state index in [1.54, 1.807) is 0 Å². The van der Waals surface area contributed by atoms with Crippen molar-refractivity contribution in [3.05, 3.63) is 63.6 Å². The molecule has 24 heavy (non-hydrogen) atoms. The molecule has 128 valence electrons. The number of aryl methyl sites for hydroxylation is 1. The van der Waals surface area contributed by atoms with Crippen molar-refractivity contribution in [2.75, 3.05) is 13.1 Å². The molecule has 0 aliphatic heterocycles. The first-order valence-corrected chi connectivity index (χ1v) is 8.16. The molecule has 0 saturated carbocycles. The van der Waals surface area contributed by atoms with Gasteiger partial charge in [0.25, 0.3) is 11.5 Å². The number of rotatable bonds is 7. The Bertz CT molecular complexity index is 751. The molecule has 0 saturated heterocycles. The zero-order valence-corrected chi connectivity index (χ0v) is 14.5. The standard InChI is InChI=1S/C18H24N4O2/c1-4-22(5-2)13-15-9-7-6-8-14(15)12-19-18(24)16-10-11-17(23)21(3)20-16/h6-11H,4-5,12-13H2,1-3H3,(H,19,24). The second-order valence-electron chi connectivity index (χ2n) is 5.59. The number of amides is 1. The van der Waals surface area contributed by atoms with E-state index in [2.05, 4.69) is 35.2 Å². The molecule has 2 aromatic rings. The highest BCUT2D eigenvalue weighted by molar-refractivity contribution is 5.91. The van der Waals surface area contributed by atoms with Gasteiger partial charge in [-0.15, -0.1) is 0 Å². The summed E-state index contributed by atoms with van der Waals surface area (Å²) in [5.74, 6) is -0.289. The summed E-state index contributed by atoms with van der Waals surface area (Å²) >= 11 is 0. The van der Waals surface area contributed by atoms with E-state index < -0.39 is 0 Å². The predicted octanol–water partition coefficient (Wildman–Crippen LogP) is 1.55. The van der Waals surface area contributed by atoms with Crippen LogP contribution in [0.4, 0.5) is 0 Å². The number of hydrogen-bond acceptors (Lipinski definition) is 4. The van der Waals surface area contributed by atoms with Gasteiger partial charge >= 0.3 is 0 Å². The molecular weight excluding hydrogens is 304 g/mol. The Morgan fingerprint density at radius 2 is 1.79 bits per heavy atom. The molecule has 0 fully saturated rings. The van der Waals surface area contributed by atoms with E-state index in [9.17, 15) is 9.59 Å². The second kappa shape index (κ2) is 8.40. The van der Waals surface area contributed by atoms with Crippen molar-refractivity contribution < 1.29 is 4.79 Å². The van der Waals surface area contributed by atoms with Crippen molar-refractivity contribution >= 4 is 5.91 Å². The van der Waals surface area contributed by atoms with Gasteiger partial charge in [0.1, 0.15) is 5.69 Å². The lowest BCUT2D eigenvalue weighted by molar-refractivity contribution is 0.0943. The average Bonchev–Trinajstić information content (AvgIpc) is 2.60. The summed E-state index contributed by atoms with van der Waals surface area (Å²) in [6, 6.07) is 10.9. The van der Waals surface area contributed by atoms with Gasteiger partial charge in [-0.25, -0.2) is 4.68 Å². The maximum atomic E-state index is 12.2. The predicted molar refractivity (Wildman–Crippen MR) is 93.7 cm³/mol. The quantitative estimate of drug-likeness (QED) is 0.837. The van der Waals surface area contributed by atoms with Crippen LogP contribution in [0.3, 0.4) is 0 Å². The highest BCUT2D eigenvalue weighted by atomic mass is 16.2. The Kier molecular flexibility index (Phi) is 6.26. The number of carbonyl (C=O) groups excluding carboxylic acids is 1. The van der Waals surface area contributed by atoms with Gasteiger partial charge in [0.15, 0.2) is 0 Å². The summed E-state index contributed by atoms with van der Waals surface area (Å²) in [5, 5.41) is 6.84. The monoisotopic (exact) mass is 328 g/mol. The van der Waals surface area contributed by atoms with Crippen LogP contribution in [0.15, 0.2) is 41.2 Å². The van der Waals surface area contributed by atoms with Gasteiger partial charge in [-0.1, -0.05) is 38.1 Å². The highest BCUT2D eigenvalue weighted by Gasteiger charge is 2.10. The van der Waals surface area contributed by atoms with Gasteiger partial charge in [0.2, 0.25) is 0 Å². The van der Waals surface area contributed by atoms with Crippen LogP contribution < -0.4 is 10.9 Å². The molecule has 1 N–H and O–H groups in total. The third kappa shape index (κ3) is 4.52. The third-order valence-corrected chi connectivity index (χ3v) is 4.04. The van der Waals surface area contributed by atoms with Crippen molar-refractivity contribution in [2.24, 2.45) is 7.05 Å². The van der Waals surface area contributed by atoms with Crippen molar-refractivity contribution in [3.8, 4) is 0 Å². The Morgan fingerprint density at radius 1 is 1.12 bits per heavy atom. The molecule has 0 radical (unpaired) electrons. The number of nitrogens with zero attached hydrogens (tertiary/aromatic N) is 3. The van der Waals surface area contributed by atoms with Gasteiger partial charge < -0.3 is 5.32 Å². The average molecular weight is 328 g/mol. The van der Waals surface area contributed by atoms with E-state index >= 15 is 0 Å². The molecule has 2 rings (SSSR count). The first-order chi connectivity index (χ1) is 11.5. The fourth-order valence-electron chi connectivity index (χ4n) is 2.46. The maximum absolute atomic E-state index is 12.2. The second-order valence-corrected chi connectivity index (χ2v) is 5.59. The summed E-state index contributed by atoms with van der Waals surface area (Å²) in [4.78, 5) is 25.9. The minimum absolute atomic E-state index is 0.235. The van der Waals surface area contributed by atoms with Gasteiger partial charge in [-0.3, -0.25) is 14.5 Å². The van der Waals surface area contributed by atoms with Crippen molar-refractivity contribution in [3.63, 3.8) is 0 Å². The fourth-order valence-corrected chi connectivity index (χ4v) is 2.46. The molecule has 0 aliphatic carbocycles. The Labute approximate surface area is 142 Å². The Morgan fingerprint density at radius 3 is 2.42 bits per heavy atom. The molecule has 0 atom stereocenters. The van der Waals surface area contributed by atoms with Gasteiger partial charge in [-0.2, -0.15) is 5.10 Å². The SMILES string of the molecule is CCN(CC)Cc1ccccc1CNC(=O)c1ccc(=O)n(C)n1. The van der Waals surface area contributed by atoms with Crippen LogP contribution in [0.2, 0.25) is 0 Å². The molecule has 1 aromatic heterocycles. The molecule has 6 nitrogen and oxygen atoms in total. The van der Waals surface area contributed by atoms with Gasteiger partial charge in [0, 0.05) is 26.2 Å². The van der Waals surface area contributed by atoms with Crippen LogP contribution in [-0.4, -0.2) is 33.7 Å². The van der Waals surface area contributed by atoms with Gasteiger partial charge in [-0.05, 0) is 30.3 Å². The van der Waals surface area contributed by atoms with Crippen molar-refractivity contribution in [1.82, 2.24) is 20.0 Å². The Hall–Kier alpha value is -2.47. The zero-order valence-electron chi connectivity index (χ0n) is 14.5. The molecule has 0 unspecified atom stereocenters. The maximum Gasteiger partial charge on any atom is 0.271 e. The van der Waals surface area contributed by atoms with Crippen LogP contribution in [0.1, 0.15) is 35.5 Å². The largest absolute Gasteiger partial charge is 0.347 e. The van der Waals surface area contributed by atoms with E-state index in [0.717, 1.165) is 29.9 Å². The van der Waals surface area contributed by atoms with Crippen LogP contribution in [-0.2, 0) is 20.1 Å². The summed E-state index contributed by atoms with van der Waals surface area (Å²) in [5.41, 5.74) is 2.28. The third-order valence-electron chi connectivity index (χ3n) is 4.04. The van der Waals surface area contributed by atoms with E-state index in [4.69, 9.17) is 0 Å². The van der Waals surface area contributed by atoms with Crippen LogP contribution in [0.25, 0.3) is 0 Å². The summed E-state index contributed by atoms with van der Waals surface area (Å²) < 4.78 is 1.16. The number of benzene rings is 1. The van der Waals surface area contributed by atoms with Crippen LogP contribution in [0.5, 0.6) is 0 Å². The molecule has 6 heteroatoms. The molecule has 0 bridgehead atoms. The zero-order chi connectivity index (χ0) is 17.5. The van der Waals surface area contributed by atoms with E-state index in [0.29, 0.717) is 6.54 Å². The molecule has 1 heterocycles. The number of carbonyl (C=O) groups is 1. The number of hydrogen-bond donors (Lipinski definition) is 1. The van der Waals surface area contributed by atoms with E-state index in [-0.39, 0.29) is 17.2 Å². The van der Waals surface area contributed by atoms with E-state index in [1.165, 1.54) is 24.7 Å². The smallest absolute Gasteiger partial charge is 0.271 e. The molecule has 1 aromatic carbocycles. The first kappa shape index (κ1) is 17.9. The normalized spacial score (nSPS) is 10.8. The molecule has 0 spiro atoms. The van der Waals surface area contributed by atoms with Gasteiger partial charge in [0.05, 0.1) is 0 Å². The van der Waals surface area contributed by atoms with Crippen LogP contribution >= 0.6 is 0 Å². The fraction of sp³-hybridized carbons (Fsp3) is 0.389. The van der Waals surface area contributed by atoms with Crippen molar-refractivity contribution in [1.29, 1.82) is 0 Å². The van der Waals surface area contributed by atoms with Crippen molar-refractivity contribution in [2.45, 2.75) is 26.9 Å². The first-order valence-electron chi connectivity index (χ1n) is 8.16.